The molecular formula is C21H37N3O2S2. The zero-order valence-corrected chi connectivity index (χ0v) is 19.2. The van der Waals surface area contributed by atoms with Gasteiger partial charge in [-0.15, -0.1) is 0 Å². The topological polar surface area (TPSA) is 70.2 Å². The molecular weight excluding hydrogens is 390 g/mol. The number of rotatable bonds is 11. The molecule has 28 heavy (non-hydrogen) atoms. The summed E-state index contributed by atoms with van der Waals surface area (Å²) >= 11 is 1.74. The van der Waals surface area contributed by atoms with Crippen molar-refractivity contribution in [1.29, 1.82) is 0 Å². The van der Waals surface area contributed by atoms with Crippen molar-refractivity contribution in [1.82, 2.24) is 9.44 Å². The van der Waals surface area contributed by atoms with Crippen LogP contribution in [0.25, 0.3) is 0 Å². The Bertz CT molecular complexity index is 664. The molecule has 1 saturated carbocycles. The summed E-state index contributed by atoms with van der Waals surface area (Å²) < 4.78 is 29.5. The fourth-order valence-corrected chi connectivity index (χ4v) is 4.75. The van der Waals surface area contributed by atoms with Gasteiger partial charge in [0.15, 0.2) is 0 Å². The molecule has 0 spiro atoms. The number of nitrogens with one attached hydrogen (secondary N) is 3. The van der Waals surface area contributed by atoms with E-state index in [0.717, 1.165) is 31.5 Å². The van der Waals surface area contributed by atoms with Crippen LogP contribution >= 0.6 is 11.9 Å². The highest BCUT2D eigenvalue weighted by Gasteiger charge is 2.27. The van der Waals surface area contributed by atoms with Gasteiger partial charge in [-0.25, -0.2) is 13.1 Å². The van der Waals surface area contributed by atoms with Gasteiger partial charge in [-0.05, 0) is 82.7 Å². The van der Waals surface area contributed by atoms with Crippen LogP contribution < -0.4 is 14.8 Å². The molecule has 3 N–H and O–H groups in total. The summed E-state index contributed by atoms with van der Waals surface area (Å²) in [5, 5.41) is 3.44. The zero-order chi connectivity index (χ0) is 20.5. The third kappa shape index (κ3) is 8.31. The quantitative estimate of drug-likeness (QED) is 0.345. The monoisotopic (exact) mass is 427 g/mol. The molecule has 2 rings (SSSR count). The molecule has 0 atom stereocenters. The third-order valence-corrected chi connectivity index (χ3v) is 8.24. The first-order chi connectivity index (χ1) is 13.3. The lowest BCUT2D eigenvalue weighted by Crippen LogP contribution is -2.39. The molecule has 1 fully saturated rings. The van der Waals surface area contributed by atoms with Crippen LogP contribution in [0, 0.1) is 0 Å². The molecule has 1 aromatic carbocycles. The smallest absolute Gasteiger partial charge is 0.216 e. The number of sulfonamides is 1. The van der Waals surface area contributed by atoms with E-state index in [0.29, 0.717) is 12.6 Å². The van der Waals surface area contributed by atoms with Crippen molar-refractivity contribution in [3.63, 3.8) is 0 Å². The van der Waals surface area contributed by atoms with Gasteiger partial charge in [0.1, 0.15) is 0 Å². The lowest BCUT2D eigenvalue weighted by atomic mass is 9.96. The van der Waals surface area contributed by atoms with Crippen LogP contribution in [0.2, 0.25) is 0 Å². The fraction of sp³-hybridized carbons (Fsp3) is 0.714. The van der Waals surface area contributed by atoms with Crippen molar-refractivity contribution >= 4 is 27.7 Å². The van der Waals surface area contributed by atoms with Gasteiger partial charge in [0.05, 0.1) is 4.75 Å². The molecule has 0 unspecified atom stereocenters. The number of unbranched alkanes of at least 4 members (excludes halogenated alkanes) is 2. The Morgan fingerprint density at radius 1 is 0.964 bits per heavy atom. The van der Waals surface area contributed by atoms with Crippen LogP contribution in [0.1, 0.15) is 72.1 Å². The van der Waals surface area contributed by atoms with E-state index in [4.69, 9.17) is 0 Å². The maximum absolute atomic E-state index is 12.0. The van der Waals surface area contributed by atoms with Crippen LogP contribution in [0.4, 0.5) is 5.69 Å². The molecule has 7 heteroatoms. The van der Waals surface area contributed by atoms with Crippen molar-refractivity contribution in [3.05, 3.63) is 24.3 Å². The molecule has 0 radical (unpaired) electrons. The Morgan fingerprint density at radius 2 is 1.61 bits per heavy atom. The van der Waals surface area contributed by atoms with Crippen LogP contribution in [-0.2, 0) is 10.0 Å². The third-order valence-electron chi connectivity index (χ3n) is 5.08. The lowest BCUT2D eigenvalue weighted by Gasteiger charge is -2.22. The predicted molar refractivity (Wildman–Crippen MR) is 121 cm³/mol. The Balaban J connectivity index is 1.55. The van der Waals surface area contributed by atoms with E-state index in [9.17, 15) is 8.42 Å². The minimum atomic E-state index is -3.22. The molecule has 1 aromatic rings. The number of benzene rings is 1. The summed E-state index contributed by atoms with van der Waals surface area (Å²) in [6, 6.07) is 9.23. The van der Waals surface area contributed by atoms with E-state index in [1.54, 1.807) is 32.7 Å². The summed E-state index contributed by atoms with van der Waals surface area (Å²) in [7, 11) is -3.22. The summed E-state index contributed by atoms with van der Waals surface area (Å²) in [4.78, 5) is 1.25. The zero-order valence-electron chi connectivity index (χ0n) is 17.6. The second-order valence-electron chi connectivity index (χ2n) is 8.58. The average molecular weight is 428 g/mol. The number of hydrogen-bond acceptors (Lipinski definition) is 5. The van der Waals surface area contributed by atoms with E-state index in [2.05, 4.69) is 39.0 Å². The Morgan fingerprint density at radius 3 is 2.25 bits per heavy atom. The first-order valence-corrected chi connectivity index (χ1v) is 12.8. The second kappa shape index (κ2) is 11.4. The van der Waals surface area contributed by atoms with Gasteiger partial charge in [0.2, 0.25) is 10.0 Å². The maximum atomic E-state index is 12.0. The van der Waals surface area contributed by atoms with Gasteiger partial charge in [-0.3, -0.25) is 4.72 Å². The Labute approximate surface area is 176 Å². The first kappa shape index (κ1) is 23.5. The van der Waals surface area contributed by atoms with Gasteiger partial charge < -0.3 is 5.32 Å². The molecule has 1 aliphatic carbocycles. The Kier molecular flexibility index (Phi) is 9.60. The van der Waals surface area contributed by atoms with Crippen molar-refractivity contribution in [2.45, 2.75) is 87.8 Å². The van der Waals surface area contributed by atoms with E-state index < -0.39 is 14.8 Å². The molecule has 0 amide bonds. The highest BCUT2D eigenvalue weighted by molar-refractivity contribution is 7.97. The van der Waals surface area contributed by atoms with Crippen LogP contribution in [0.5, 0.6) is 0 Å². The van der Waals surface area contributed by atoms with Crippen LogP contribution in [-0.4, -0.2) is 32.3 Å². The van der Waals surface area contributed by atoms with Crippen LogP contribution in [0.15, 0.2) is 29.2 Å². The number of anilines is 1. The van der Waals surface area contributed by atoms with E-state index in [-0.39, 0.29) is 0 Å². The standard InChI is InChI=1S/C21H37N3O2S2/c1-21(2,3)28(25,26)23-17-9-5-8-16-22-18-12-14-20(15-13-18)27-24-19-10-6-4-7-11-19/h12-15,19,22-24H,4-11,16-17H2,1-3H3. The summed E-state index contributed by atoms with van der Waals surface area (Å²) in [5.74, 6) is 0. The average Bonchev–Trinajstić information content (AvgIpc) is 2.66. The van der Waals surface area contributed by atoms with Gasteiger partial charge in [0.25, 0.3) is 0 Å². The van der Waals surface area contributed by atoms with Crippen molar-refractivity contribution < 1.29 is 8.42 Å². The molecule has 160 valence electrons. The molecule has 0 aliphatic heterocycles. The minimum absolute atomic E-state index is 0.513. The Hall–Kier alpha value is -0.760. The molecule has 0 aromatic heterocycles. The summed E-state index contributed by atoms with van der Waals surface area (Å²) in [6.07, 6.45) is 9.56. The van der Waals surface area contributed by atoms with Crippen molar-refractivity contribution in [2.75, 3.05) is 18.4 Å². The largest absolute Gasteiger partial charge is 0.385 e. The lowest BCUT2D eigenvalue weighted by molar-refractivity contribution is 0.423. The molecule has 5 nitrogen and oxygen atoms in total. The normalized spacial score (nSPS) is 16.2. The SMILES string of the molecule is CC(C)(C)S(=O)(=O)NCCCCCNc1ccc(SNC2CCCCC2)cc1. The van der Waals surface area contributed by atoms with Crippen molar-refractivity contribution in [3.8, 4) is 0 Å². The molecule has 0 bridgehead atoms. The fourth-order valence-electron chi connectivity index (χ4n) is 3.10. The first-order valence-electron chi connectivity index (χ1n) is 10.5. The van der Waals surface area contributed by atoms with E-state index in [1.807, 2.05) is 0 Å². The molecule has 0 heterocycles. The minimum Gasteiger partial charge on any atom is -0.385 e. The second-order valence-corrected chi connectivity index (χ2v) is 12.0. The molecule has 1 aliphatic rings. The van der Waals surface area contributed by atoms with Gasteiger partial charge in [-0.2, -0.15) is 0 Å². The van der Waals surface area contributed by atoms with Gasteiger partial charge in [-0.1, -0.05) is 25.7 Å². The molecule has 0 saturated heterocycles. The van der Waals surface area contributed by atoms with E-state index >= 15 is 0 Å². The highest BCUT2D eigenvalue weighted by atomic mass is 32.2. The van der Waals surface area contributed by atoms with E-state index in [1.165, 1.54) is 37.0 Å². The van der Waals surface area contributed by atoms with Gasteiger partial charge >= 0.3 is 0 Å². The van der Waals surface area contributed by atoms with Crippen LogP contribution in [0.3, 0.4) is 0 Å². The highest BCUT2D eigenvalue weighted by Crippen LogP contribution is 2.23. The van der Waals surface area contributed by atoms with Gasteiger partial charge in [0, 0.05) is 29.7 Å². The number of hydrogen-bond donors (Lipinski definition) is 3. The summed E-state index contributed by atoms with van der Waals surface area (Å²) in [5.41, 5.74) is 1.13. The van der Waals surface area contributed by atoms with Crippen molar-refractivity contribution in [2.24, 2.45) is 0 Å². The maximum Gasteiger partial charge on any atom is 0.216 e. The summed E-state index contributed by atoms with van der Waals surface area (Å²) in [6.45, 7) is 6.57. The predicted octanol–water partition coefficient (Wildman–Crippen LogP) is 4.92.